The number of hydrogen-bond donors (Lipinski definition) is 2. The molecule has 0 aromatic carbocycles. The molecule has 0 aromatic heterocycles. The van der Waals surface area contributed by atoms with Gasteiger partial charge in [-0.1, -0.05) is 6.92 Å². The Hall–Kier alpha value is -1.50. The average Bonchev–Trinajstić information content (AvgIpc) is 2.67. The van der Waals surface area contributed by atoms with E-state index in [-0.39, 0.29) is 28.7 Å². The van der Waals surface area contributed by atoms with Crippen molar-refractivity contribution in [3.8, 4) is 0 Å². The van der Waals surface area contributed by atoms with Crippen LogP contribution in [0.4, 0.5) is 9.59 Å². The molecule has 4 fully saturated rings. The first kappa shape index (κ1) is 16.9. The molecule has 2 N–H and O–H groups in total. The first-order valence-electron chi connectivity index (χ1n) is 9.47. The maximum atomic E-state index is 11.7. The van der Waals surface area contributed by atoms with Crippen molar-refractivity contribution in [3.05, 3.63) is 0 Å². The van der Waals surface area contributed by atoms with E-state index in [4.69, 9.17) is 4.74 Å². The Balaban J connectivity index is 1.34. The van der Waals surface area contributed by atoms with E-state index in [1.807, 2.05) is 13.8 Å². The Morgan fingerprint density at radius 1 is 1.32 bits per heavy atom. The third-order valence-electron chi connectivity index (χ3n) is 7.45. The Bertz CT molecular complexity index is 591. The molecule has 3 saturated heterocycles. The Labute approximate surface area is 148 Å². The molecule has 4 aliphatic rings. The van der Waals surface area contributed by atoms with Crippen molar-refractivity contribution < 1.29 is 19.4 Å². The van der Waals surface area contributed by atoms with Gasteiger partial charge in [0, 0.05) is 50.0 Å². The molecular weight excluding hydrogens is 322 g/mol. The van der Waals surface area contributed by atoms with E-state index in [1.54, 1.807) is 4.90 Å². The molecule has 3 aliphatic heterocycles. The molecule has 0 aromatic rings. The predicted molar refractivity (Wildman–Crippen MR) is 91.5 cm³/mol. The normalized spacial score (nSPS) is 38.8. The Morgan fingerprint density at radius 3 is 2.44 bits per heavy atom. The summed E-state index contributed by atoms with van der Waals surface area (Å²) in [6.07, 6.45) is 3.75. The fourth-order valence-corrected chi connectivity index (χ4v) is 5.84. The van der Waals surface area contributed by atoms with Gasteiger partial charge >= 0.3 is 12.2 Å². The van der Waals surface area contributed by atoms with Gasteiger partial charge in [-0.15, -0.1) is 0 Å². The summed E-state index contributed by atoms with van der Waals surface area (Å²) in [6.45, 7) is 8.77. The van der Waals surface area contributed by atoms with Crippen LogP contribution in [0, 0.1) is 5.41 Å². The number of piperidine rings is 1. The van der Waals surface area contributed by atoms with Gasteiger partial charge in [0.15, 0.2) is 0 Å². The summed E-state index contributed by atoms with van der Waals surface area (Å²) in [5.74, 6) is 0. The van der Waals surface area contributed by atoms with Gasteiger partial charge < -0.3 is 25.0 Å². The molecule has 1 aliphatic carbocycles. The van der Waals surface area contributed by atoms with Gasteiger partial charge in [0.1, 0.15) is 5.60 Å². The largest absolute Gasteiger partial charge is 0.465 e. The van der Waals surface area contributed by atoms with Crippen molar-refractivity contribution in [1.29, 1.82) is 0 Å². The van der Waals surface area contributed by atoms with E-state index in [1.165, 1.54) is 0 Å². The SMILES string of the molecule is CCC1N(C(=O)O)CC12CC(N1CCC3(CC1)OC(=O)NC3(C)C)C2. The van der Waals surface area contributed by atoms with Crippen molar-refractivity contribution in [2.75, 3.05) is 19.6 Å². The molecule has 25 heavy (non-hydrogen) atoms. The molecule has 4 rings (SSSR count). The lowest BCUT2D eigenvalue weighted by molar-refractivity contribution is -0.155. The summed E-state index contributed by atoms with van der Waals surface area (Å²) in [4.78, 5) is 27.1. The number of carboxylic acid groups (broad SMARTS) is 1. The first-order valence-corrected chi connectivity index (χ1v) is 9.47. The summed E-state index contributed by atoms with van der Waals surface area (Å²) >= 11 is 0. The van der Waals surface area contributed by atoms with Gasteiger partial charge in [0.25, 0.3) is 0 Å². The zero-order chi connectivity index (χ0) is 18.0. The van der Waals surface area contributed by atoms with Crippen molar-refractivity contribution in [3.63, 3.8) is 0 Å². The van der Waals surface area contributed by atoms with E-state index in [2.05, 4.69) is 17.1 Å². The number of carbonyl (C=O) groups is 2. The Morgan fingerprint density at radius 2 is 1.96 bits per heavy atom. The maximum Gasteiger partial charge on any atom is 0.408 e. The number of likely N-dealkylation sites (tertiary alicyclic amines) is 2. The fourth-order valence-electron chi connectivity index (χ4n) is 5.84. The zero-order valence-electron chi connectivity index (χ0n) is 15.4. The second-order valence-electron chi connectivity index (χ2n) is 8.93. The van der Waals surface area contributed by atoms with Gasteiger partial charge in [-0.2, -0.15) is 0 Å². The fraction of sp³-hybridized carbons (Fsp3) is 0.889. The lowest BCUT2D eigenvalue weighted by atomic mass is 9.54. The number of nitrogens with zero attached hydrogens (tertiary/aromatic N) is 2. The monoisotopic (exact) mass is 351 g/mol. The van der Waals surface area contributed by atoms with Gasteiger partial charge in [-0.05, 0) is 33.1 Å². The van der Waals surface area contributed by atoms with E-state index >= 15 is 0 Å². The minimum Gasteiger partial charge on any atom is -0.465 e. The predicted octanol–water partition coefficient (Wildman–Crippen LogP) is 2.26. The third kappa shape index (κ3) is 2.27. The molecule has 1 atom stereocenters. The highest BCUT2D eigenvalue weighted by Crippen LogP contribution is 2.56. The van der Waals surface area contributed by atoms with E-state index in [0.29, 0.717) is 12.6 Å². The minimum absolute atomic E-state index is 0.191. The van der Waals surface area contributed by atoms with Crippen LogP contribution in [-0.2, 0) is 4.74 Å². The lowest BCUT2D eigenvalue weighted by Gasteiger charge is -2.66. The summed E-state index contributed by atoms with van der Waals surface area (Å²) < 4.78 is 5.68. The number of rotatable bonds is 2. The number of amides is 2. The van der Waals surface area contributed by atoms with Crippen LogP contribution in [0.5, 0.6) is 0 Å². The van der Waals surface area contributed by atoms with Crippen LogP contribution >= 0.6 is 0 Å². The van der Waals surface area contributed by atoms with Gasteiger partial charge in [0.2, 0.25) is 0 Å². The number of nitrogens with one attached hydrogen (secondary N) is 1. The van der Waals surface area contributed by atoms with Crippen LogP contribution in [0.2, 0.25) is 0 Å². The molecule has 2 amide bonds. The second-order valence-corrected chi connectivity index (χ2v) is 8.93. The topological polar surface area (TPSA) is 82.1 Å². The molecule has 3 heterocycles. The number of carbonyl (C=O) groups excluding carboxylic acids is 1. The molecule has 140 valence electrons. The van der Waals surface area contributed by atoms with E-state index < -0.39 is 6.09 Å². The summed E-state index contributed by atoms with van der Waals surface area (Å²) in [5.41, 5.74) is -0.488. The quantitative estimate of drug-likeness (QED) is 0.797. The second kappa shape index (κ2) is 5.25. The van der Waals surface area contributed by atoms with E-state index in [9.17, 15) is 14.7 Å². The molecule has 0 radical (unpaired) electrons. The highest BCUT2D eigenvalue weighted by molar-refractivity contribution is 5.72. The molecule has 2 spiro atoms. The molecular formula is C18H29N3O4. The maximum absolute atomic E-state index is 11.7. The lowest BCUT2D eigenvalue weighted by Crippen LogP contribution is -2.73. The standard InChI is InChI=1S/C18H29N3O4/c1-4-13-17(11-21(13)15(23)24)9-12(10-17)20-7-5-18(6-8-20)16(2,3)19-14(22)25-18/h12-13H,4-11H2,1-3H3,(H,19,22)(H,23,24). The van der Waals surface area contributed by atoms with Crippen molar-refractivity contribution >= 4 is 12.2 Å². The molecule has 1 saturated carbocycles. The number of alkyl carbamates (subject to hydrolysis) is 1. The Kier molecular flexibility index (Phi) is 3.56. The smallest absolute Gasteiger partial charge is 0.408 e. The van der Waals surface area contributed by atoms with E-state index in [0.717, 1.165) is 45.2 Å². The van der Waals surface area contributed by atoms with Crippen molar-refractivity contribution in [2.45, 2.75) is 76.1 Å². The van der Waals surface area contributed by atoms with Gasteiger partial charge in [0.05, 0.1) is 5.54 Å². The highest BCUT2D eigenvalue weighted by Gasteiger charge is 2.62. The van der Waals surface area contributed by atoms with Crippen LogP contribution < -0.4 is 5.32 Å². The van der Waals surface area contributed by atoms with Crippen molar-refractivity contribution in [1.82, 2.24) is 15.1 Å². The highest BCUT2D eigenvalue weighted by atomic mass is 16.6. The van der Waals surface area contributed by atoms with Crippen LogP contribution in [0.25, 0.3) is 0 Å². The van der Waals surface area contributed by atoms with Crippen LogP contribution in [0.3, 0.4) is 0 Å². The zero-order valence-corrected chi connectivity index (χ0v) is 15.4. The molecule has 1 unspecified atom stereocenters. The van der Waals surface area contributed by atoms with Crippen molar-refractivity contribution in [2.24, 2.45) is 5.41 Å². The number of ether oxygens (including phenoxy) is 1. The molecule has 7 heteroatoms. The van der Waals surface area contributed by atoms with Crippen LogP contribution in [0.15, 0.2) is 0 Å². The first-order chi connectivity index (χ1) is 11.7. The third-order valence-corrected chi connectivity index (χ3v) is 7.45. The van der Waals surface area contributed by atoms with Gasteiger partial charge in [-0.3, -0.25) is 0 Å². The summed E-state index contributed by atoms with van der Waals surface area (Å²) in [5, 5.41) is 12.2. The van der Waals surface area contributed by atoms with Crippen LogP contribution in [-0.4, -0.2) is 70.0 Å². The molecule has 7 nitrogen and oxygen atoms in total. The summed E-state index contributed by atoms with van der Waals surface area (Å²) in [7, 11) is 0. The average molecular weight is 351 g/mol. The minimum atomic E-state index is -0.779. The summed E-state index contributed by atoms with van der Waals surface area (Å²) in [6, 6.07) is 0.742. The van der Waals surface area contributed by atoms with Crippen LogP contribution in [0.1, 0.15) is 52.9 Å². The molecule has 0 bridgehead atoms. The van der Waals surface area contributed by atoms with Gasteiger partial charge in [-0.25, -0.2) is 9.59 Å². The number of hydrogen-bond acceptors (Lipinski definition) is 4.